The number of carbonyl (C=O) groups excluding carboxylic acids is 1. The van der Waals surface area contributed by atoms with Crippen molar-refractivity contribution in [2.24, 2.45) is 5.73 Å². The minimum atomic E-state index is -0.389. The maximum Gasteiger partial charge on any atom is 0.248 e. The van der Waals surface area contributed by atoms with E-state index in [4.69, 9.17) is 17.3 Å². The standard InChI is InChI=1S/C13H15ClN2O/c14-6-2-1-3-10-8-16-12-5-4-9(13(15)17)7-11(10)12/h4-5,7-8,16H,1-3,6H2,(H2,15,17). The first-order valence-corrected chi connectivity index (χ1v) is 6.21. The number of hydrogen-bond donors (Lipinski definition) is 2. The summed E-state index contributed by atoms with van der Waals surface area (Å²) in [5, 5.41) is 1.08. The SMILES string of the molecule is NC(=O)c1ccc2[nH]cc(CCCCCl)c2c1. The van der Waals surface area contributed by atoms with Gasteiger partial charge in [0.15, 0.2) is 0 Å². The third-order valence-electron chi connectivity index (χ3n) is 2.88. The molecule has 0 unspecified atom stereocenters. The number of benzene rings is 1. The lowest BCUT2D eigenvalue weighted by Crippen LogP contribution is -2.10. The highest BCUT2D eigenvalue weighted by molar-refractivity contribution is 6.17. The number of nitrogens with one attached hydrogen (secondary N) is 1. The van der Waals surface area contributed by atoms with E-state index >= 15 is 0 Å². The molecule has 1 heterocycles. The molecule has 0 saturated carbocycles. The maximum absolute atomic E-state index is 11.1. The first kappa shape index (κ1) is 12.0. The van der Waals surface area contributed by atoms with E-state index in [1.54, 1.807) is 6.07 Å². The summed E-state index contributed by atoms with van der Waals surface area (Å²) >= 11 is 5.66. The minimum Gasteiger partial charge on any atom is -0.366 e. The van der Waals surface area contributed by atoms with E-state index in [1.807, 2.05) is 18.3 Å². The van der Waals surface area contributed by atoms with E-state index in [0.717, 1.165) is 30.2 Å². The van der Waals surface area contributed by atoms with Crippen molar-refractivity contribution in [1.29, 1.82) is 0 Å². The fourth-order valence-corrected chi connectivity index (χ4v) is 2.14. The molecule has 3 nitrogen and oxygen atoms in total. The van der Waals surface area contributed by atoms with Crippen LogP contribution in [-0.4, -0.2) is 16.8 Å². The molecular weight excluding hydrogens is 236 g/mol. The van der Waals surface area contributed by atoms with Gasteiger partial charge in [-0.05, 0) is 43.0 Å². The predicted octanol–water partition coefficient (Wildman–Crippen LogP) is 2.83. The summed E-state index contributed by atoms with van der Waals surface area (Å²) in [6.07, 6.45) is 5.01. The number of hydrogen-bond acceptors (Lipinski definition) is 1. The second-order valence-electron chi connectivity index (χ2n) is 4.08. The van der Waals surface area contributed by atoms with Crippen molar-refractivity contribution >= 4 is 28.4 Å². The van der Waals surface area contributed by atoms with E-state index in [0.29, 0.717) is 11.4 Å². The van der Waals surface area contributed by atoms with Crippen molar-refractivity contribution in [3.8, 4) is 0 Å². The van der Waals surface area contributed by atoms with Crippen LogP contribution >= 0.6 is 11.6 Å². The summed E-state index contributed by atoms with van der Waals surface area (Å²) in [5.74, 6) is 0.300. The molecule has 0 aliphatic rings. The molecule has 90 valence electrons. The zero-order valence-corrected chi connectivity index (χ0v) is 10.3. The highest BCUT2D eigenvalue weighted by atomic mass is 35.5. The van der Waals surface area contributed by atoms with Crippen LogP contribution in [0.2, 0.25) is 0 Å². The molecule has 0 aliphatic carbocycles. The largest absolute Gasteiger partial charge is 0.366 e. The number of rotatable bonds is 5. The van der Waals surface area contributed by atoms with Gasteiger partial charge in [0.2, 0.25) is 5.91 Å². The Kier molecular flexibility index (Phi) is 3.69. The van der Waals surface area contributed by atoms with Gasteiger partial charge in [0.05, 0.1) is 0 Å². The molecule has 0 saturated heterocycles. The van der Waals surface area contributed by atoms with Gasteiger partial charge in [-0.25, -0.2) is 0 Å². The molecule has 0 spiro atoms. The monoisotopic (exact) mass is 250 g/mol. The number of unbranched alkanes of at least 4 members (excludes halogenated alkanes) is 1. The van der Waals surface area contributed by atoms with E-state index in [1.165, 1.54) is 5.56 Å². The average Bonchev–Trinajstić information content (AvgIpc) is 2.72. The smallest absolute Gasteiger partial charge is 0.248 e. The van der Waals surface area contributed by atoms with E-state index in [9.17, 15) is 4.79 Å². The van der Waals surface area contributed by atoms with Crippen LogP contribution in [0.3, 0.4) is 0 Å². The summed E-state index contributed by atoms with van der Waals surface area (Å²) in [4.78, 5) is 14.3. The number of primary amides is 1. The Morgan fingerprint density at radius 2 is 2.18 bits per heavy atom. The van der Waals surface area contributed by atoms with E-state index < -0.39 is 0 Å². The average molecular weight is 251 g/mol. The Balaban J connectivity index is 2.30. The summed E-state index contributed by atoms with van der Waals surface area (Å²) in [7, 11) is 0. The molecule has 0 aliphatic heterocycles. The quantitative estimate of drug-likeness (QED) is 0.622. The van der Waals surface area contributed by atoms with E-state index in [2.05, 4.69) is 4.98 Å². The zero-order chi connectivity index (χ0) is 12.3. The molecule has 0 atom stereocenters. The highest BCUT2D eigenvalue weighted by Crippen LogP contribution is 2.21. The van der Waals surface area contributed by atoms with Crippen LogP contribution in [0.25, 0.3) is 10.9 Å². The maximum atomic E-state index is 11.1. The molecule has 0 bridgehead atoms. The topological polar surface area (TPSA) is 58.9 Å². The summed E-state index contributed by atoms with van der Waals surface area (Å²) in [6.45, 7) is 0. The molecule has 0 radical (unpaired) electrons. The third kappa shape index (κ3) is 2.61. The number of aryl methyl sites for hydroxylation is 1. The molecule has 1 aromatic carbocycles. The fourth-order valence-electron chi connectivity index (χ4n) is 1.95. The van der Waals surface area contributed by atoms with E-state index in [-0.39, 0.29) is 5.91 Å². The lowest BCUT2D eigenvalue weighted by molar-refractivity contribution is 0.100. The number of carbonyl (C=O) groups is 1. The van der Waals surface area contributed by atoms with Crippen molar-refractivity contribution < 1.29 is 4.79 Å². The number of nitrogens with two attached hydrogens (primary N) is 1. The van der Waals surface area contributed by atoms with Crippen LogP contribution in [0.15, 0.2) is 24.4 Å². The number of aromatic nitrogens is 1. The normalized spacial score (nSPS) is 10.9. The molecular formula is C13H15ClN2O. The fraction of sp³-hybridized carbons (Fsp3) is 0.308. The van der Waals surface area contributed by atoms with Crippen LogP contribution < -0.4 is 5.73 Å². The highest BCUT2D eigenvalue weighted by Gasteiger charge is 2.06. The molecule has 17 heavy (non-hydrogen) atoms. The molecule has 2 aromatic rings. The number of alkyl halides is 1. The van der Waals surface area contributed by atoms with Crippen LogP contribution in [-0.2, 0) is 6.42 Å². The van der Waals surface area contributed by atoms with Gasteiger partial charge in [-0.15, -0.1) is 11.6 Å². The van der Waals surface area contributed by atoms with Gasteiger partial charge in [0.25, 0.3) is 0 Å². The Labute approximate surface area is 105 Å². The van der Waals surface area contributed by atoms with Gasteiger partial charge in [-0.1, -0.05) is 0 Å². The van der Waals surface area contributed by atoms with Crippen molar-refractivity contribution in [3.63, 3.8) is 0 Å². The molecule has 2 rings (SSSR count). The van der Waals surface area contributed by atoms with Gasteiger partial charge in [0, 0.05) is 28.5 Å². The number of halogens is 1. The summed E-state index contributed by atoms with van der Waals surface area (Å²) in [5.41, 5.74) is 8.08. The lowest BCUT2D eigenvalue weighted by Gasteiger charge is -2.00. The first-order chi connectivity index (χ1) is 8.22. The van der Waals surface area contributed by atoms with Crippen LogP contribution in [0.4, 0.5) is 0 Å². The van der Waals surface area contributed by atoms with Crippen molar-refractivity contribution in [2.75, 3.05) is 5.88 Å². The Hall–Kier alpha value is -1.48. The molecule has 3 N–H and O–H groups in total. The molecule has 0 fully saturated rings. The minimum absolute atomic E-state index is 0.389. The Morgan fingerprint density at radius 3 is 2.88 bits per heavy atom. The van der Waals surface area contributed by atoms with Crippen molar-refractivity contribution in [3.05, 3.63) is 35.5 Å². The van der Waals surface area contributed by atoms with Crippen LogP contribution in [0.1, 0.15) is 28.8 Å². The van der Waals surface area contributed by atoms with Crippen molar-refractivity contribution in [2.45, 2.75) is 19.3 Å². The van der Waals surface area contributed by atoms with Crippen LogP contribution in [0.5, 0.6) is 0 Å². The molecule has 1 aromatic heterocycles. The van der Waals surface area contributed by atoms with Gasteiger partial charge < -0.3 is 10.7 Å². The zero-order valence-electron chi connectivity index (χ0n) is 9.50. The van der Waals surface area contributed by atoms with Gasteiger partial charge >= 0.3 is 0 Å². The first-order valence-electron chi connectivity index (χ1n) is 5.68. The Morgan fingerprint density at radius 1 is 1.35 bits per heavy atom. The van der Waals surface area contributed by atoms with Crippen molar-refractivity contribution in [1.82, 2.24) is 4.98 Å². The second kappa shape index (κ2) is 5.23. The lowest BCUT2D eigenvalue weighted by atomic mass is 10.1. The number of H-pyrrole nitrogens is 1. The second-order valence-corrected chi connectivity index (χ2v) is 4.46. The summed E-state index contributed by atoms with van der Waals surface area (Å²) in [6, 6.07) is 5.48. The number of aromatic amines is 1. The molecule has 1 amide bonds. The van der Waals surface area contributed by atoms with Gasteiger partial charge in [-0.2, -0.15) is 0 Å². The van der Waals surface area contributed by atoms with Crippen LogP contribution in [0, 0.1) is 0 Å². The number of amides is 1. The van der Waals surface area contributed by atoms with Gasteiger partial charge in [0.1, 0.15) is 0 Å². The number of fused-ring (bicyclic) bond motifs is 1. The van der Waals surface area contributed by atoms with Gasteiger partial charge in [-0.3, -0.25) is 4.79 Å². The summed E-state index contributed by atoms with van der Waals surface area (Å²) < 4.78 is 0. The molecule has 4 heteroatoms. The predicted molar refractivity (Wildman–Crippen MR) is 70.5 cm³/mol. The Bertz CT molecular complexity index is 533. The third-order valence-corrected chi connectivity index (χ3v) is 3.15.